The minimum absolute atomic E-state index is 0.550. The maximum atomic E-state index is 5.79. The van der Waals surface area contributed by atoms with Crippen LogP contribution in [0.25, 0.3) is 0 Å². The van der Waals surface area contributed by atoms with E-state index >= 15 is 0 Å². The zero-order chi connectivity index (χ0) is 15.4. The Hall–Kier alpha value is -2.34. The second kappa shape index (κ2) is 6.62. The van der Waals surface area contributed by atoms with Gasteiger partial charge in [-0.05, 0) is 31.3 Å². The number of likely N-dealkylation sites (N-methyl/N-ethyl adjacent to an activating group) is 1. The maximum absolute atomic E-state index is 5.79. The van der Waals surface area contributed by atoms with Crippen molar-refractivity contribution >= 4 is 5.82 Å². The summed E-state index contributed by atoms with van der Waals surface area (Å²) in [4.78, 5) is 13.1. The molecule has 1 aliphatic heterocycles. The Balaban J connectivity index is 1.70. The van der Waals surface area contributed by atoms with Crippen molar-refractivity contribution in [2.75, 3.05) is 45.2 Å². The molecule has 1 fully saturated rings. The summed E-state index contributed by atoms with van der Waals surface area (Å²) in [5.74, 6) is 2.98. The fourth-order valence-corrected chi connectivity index (χ4v) is 2.36. The molecule has 0 bridgehead atoms. The highest BCUT2D eigenvalue weighted by Crippen LogP contribution is 2.24. The first-order valence-electron chi connectivity index (χ1n) is 7.32. The summed E-state index contributed by atoms with van der Waals surface area (Å²) in [7, 11) is 3.78. The van der Waals surface area contributed by atoms with E-state index in [2.05, 4.69) is 26.8 Å². The van der Waals surface area contributed by atoms with Crippen LogP contribution in [-0.2, 0) is 0 Å². The number of rotatable bonds is 4. The Bertz CT molecular complexity index is 610. The first-order chi connectivity index (χ1) is 10.7. The number of benzene rings is 1. The molecule has 2 heterocycles. The SMILES string of the molecule is COc1ccc(Oc2cc(N3CCN(C)CC3)ncn2)cc1. The summed E-state index contributed by atoms with van der Waals surface area (Å²) in [5.41, 5.74) is 0. The van der Waals surface area contributed by atoms with E-state index in [0.29, 0.717) is 5.88 Å². The molecule has 2 aromatic rings. The molecule has 0 aliphatic carbocycles. The molecular formula is C16H20N4O2. The second-order valence-electron chi connectivity index (χ2n) is 5.28. The van der Waals surface area contributed by atoms with Crippen LogP contribution >= 0.6 is 0 Å². The van der Waals surface area contributed by atoms with E-state index in [-0.39, 0.29) is 0 Å². The number of nitrogens with zero attached hydrogens (tertiary/aromatic N) is 4. The molecule has 22 heavy (non-hydrogen) atoms. The lowest BCUT2D eigenvalue weighted by molar-refractivity contribution is 0.312. The third kappa shape index (κ3) is 3.46. The highest BCUT2D eigenvalue weighted by atomic mass is 16.5. The Labute approximate surface area is 130 Å². The number of piperazine rings is 1. The standard InChI is InChI=1S/C16H20N4O2/c1-19-7-9-20(10-8-19)15-11-16(18-12-17-15)22-14-5-3-13(21-2)4-6-14/h3-6,11-12H,7-10H2,1-2H3. The Morgan fingerprint density at radius 2 is 1.64 bits per heavy atom. The molecule has 0 atom stereocenters. The zero-order valence-electron chi connectivity index (χ0n) is 12.9. The van der Waals surface area contributed by atoms with Gasteiger partial charge in [-0.15, -0.1) is 0 Å². The predicted molar refractivity (Wildman–Crippen MR) is 84.8 cm³/mol. The van der Waals surface area contributed by atoms with E-state index in [4.69, 9.17) is 9.47 Å². The van der Waals surface area contributed by atoms with Gasteiger partial charge in [-0.25, -0.2) is 9.97 Å². The molecule has 1 aliphatic rings. The van der Waals surface area contributed by atoms with Crippen LogP contribution in [0.3, 0.4) is 0 Å². The molecule has 0 radical (unpaired) electrons. The van der Waals surface area contributed by atoms with Crippen molar-refractivity contribution in [1.29, 1.82) is 0 Å². The molecular weight excluding hydrogens is 280 g/mol. The summed E-state index contributed by atoms with van der Waals surface area (Å²) >= 11 is 0. The van der Waals surface area contributed by atoms with Crippen LogP contribution in [0.2, 0.25) is 0 Å². The molecule has 0 unspecified atom stereocenters. The van der Waals surface area contributed by atoms with E-state index in [9.17, 15) is 0 Å². The van der Waals surface area contributed by atoms with Crippen molar-refractivity contribution in [3.05, 3.63) is 36.7 Å². The smallest absolute Gasteiger partial charge is 0.224 e. The minimum atomic E-state index is 0.550. The molecule has 0 spiro atoms. The van der Waals surface area contributed by atoms with Crippen molar-refractivity contribution in [2.24, 2.45) is 0 Å². The van der Waals surface area contributed by atoms with Crippen molar-refractivity contribution < 1.29 is 9.47 Å². The molecule has 6 nitrogen and oxygen atoms in total. The van der Waals surface area contributed by atoms with Crippen molar-refractivity contribution in [3.63, 3.8) is 0 Å². The molecule has 1 aromatic carbocycles. The largest absolute Gasteiger partial charge is 0.497 e. The van der Waals surface area contributed by atoms with Gasteiger partial charge in [0.15, 0.2) is 0 Å². The quantitative estimate of drug-likeness (QED) is 0.861. The highest BCUT2D eigenvalue weighted by molar-refractivity contribution is 5.42. The number of anilines is 1. The van der Waals surface area contributed by atoms with E-state index in [1.165, 1.54) is 0 Å². The molecule has 0 N–H and O–H groups in total. The maximum Gasteiger partial charge on any atom is 0.224 e. The van der Waals surface area contributed by atoms with Gasteiger partial charge in [0, 0.05) is 32.2 Å². The molecule has 0 saturated carbocycles. The van der Waals surface area contributed by atoms with Gasteiger partial charge in [0.2, 0.25) is 5.88 Å². The van der Waals surface area contributed by atoms with Gasteiger partial charge in [-0.1, -0.05) is 0 Å². The Kier molecular flexibility index (Phi) is 4.39. The minimum Gasteiger partial charge on any atom is -0.497 e. The highest BCUT2D eigenvalue weighted by Gasteiger charge is 2.16. The van der Waals surface area contributed by atoms with Crippen LogP contribution in [0.15, 0.2) is 36.7 Å². The fourth-order valence-electron chi connectivity index (χ4n) is 2.36. The van der Waals surface area contributed by atoms with Crippen molar-refractivity contribution in [2.45, 2.75) is 0 Å². The van der Waals surface area contributed by atoms with Gasteiger partial charge in [-0.3, -0.25) is 0 Å². The normalized spacial score (nSPS) is 15.6. The summed E-state index contributed by atoms with van der Waals surface area (Å²) in [6.45, 7) is 4.02. The van der Waals surface area contributed by atoms with Crippen molar-refractivity contribution in [3.8, 4) is 17.4 Å². The average molecular weight is 300 g/mol. The van der Waals surface area contributed by atoms with Gasteiger partial charge in [0.05, 0.1) is 7.11 Å². The van der Waals surface area contributed by atoms with Crippen molar-refractivity contribution in [1.82, 2.24) is 14.9 Å². The monoisotopic (exact) mass is 300 g/mol. The van der Waals surface area contributed by atoms with Gasteiger partial charge >= 0.3 is 0 Å². The third-order valence-electron chi connectivity index (χ3n) is 3.74. The molecule has 6 heteroatoms. The number of aromatic nitrogens is 2. The summed E-state index contributed by atoms with van der Waals surface area (Å²) in [6.07, 6.45) is 1.55. The average Bonchev–Trinajstić information content (AvgIpc) is 2.56. The number of hydrogen-bond donors (Lipinski definition) is 0. The second-order valence-corrected chi connectivity index (χ2v) is 5.28. The first-order valence-corrected chi connectivity index (χ1v) is 7.32. The lowest BCUT2D eigenvalue weighted by Crippen LogP contribution is -2.44. The van der Waals surface area contributed by atoms with E-state index in [0.717, 1.165) is 43.5 Å². The topological polar surface area (TPSA) is 50.7 Å². The van der Waals surface area contributed by atoms with Crippen LogP contribution < -0.4 is 14.4 Å². The van der Waals surface area contributed by atoms with Gasteiger partial charge in [-0.2, -0.15) is 0 Å². The molecule has 3 rings (SSSR count). The van der Waals surface area contributed by atoms with Crippen LogP contribution in [-0.4, -0.2) is 55.2 Å². The van der Waals surface area contributed by atoms with Crippen LogP contribution in [0.4, 0.5) is 5.82 Å². The van der Waals surface area contributed by atoms with Crippen LogP contribution in [0.5, 0.6) is 17.4 Å². The third-order valence-corrected chi connectivity index (χ3v) is 3.74. The Morgan fingerprint density at radius 3 is 2.32 bits per heavy atom. The van der Waals surface area contributed by atoms with Crippen LogP contribution in [0, 0.1) is 0 Å². The molecule has 0 amide bonds. The number of methoxy groups -OCH3 is 1. The van der Waals surface area contributed by atoms with E-state index < -0.39 is 0 Å². The number of ether oxygens (including phenoxy) is 2. The lowest BCUT2D eigenvalue weighted by Gasteiger charge is -2.33. The lowest BCUT2D eigenvalue weighted by atomic mass is 10.3. The zero-order valence-corrected chi connectivity index (χ0v) is 12.9. The fraction of sp³-hybridized carbons (Fsp3) is 0.375. The summed E-state index contributed by atoms with van der Waals surface area (Å²) < 4.78 is 10.9. The van der Waals surface area contributed by atoms with E-state index in [1.807, 2.05) is 30.3 Å². The van der Waals surface area contributed by atoms with E-state index in [1.54, 1.807) is 13.4 Å². The molecule has 1 aromatic heterocycles. The number of hydrogen-bond acceptors (Lipinski definition) is 6. The van der Waals surface area contributed by atoms with Gasteiger partial charge < -0.3 is 19.3 Å². The van der Waals surface area contributed by atoms with Crippen LogP contribution in [0.1, 0.15) is 0 Å². The summed E-state index contributed by atoms with van der Waals surface area (Å²) in [6, 6.07) is 9.32. The molecule has 1 saturated heterocycles. The van der Waals surface area contributed by atoms with Gasteiger partial charge in [0.1, 0.15) is 23.6 Å². The Morgan fingerprint density at radius 1 is 0.955 bits per heavy atom. The summed E-state index contributed by atoms with van der Waals surface area (Å²) in [5, 5.41) is 0. The van der Waals surface area contributed by atoms with Gasteiger partial charge in [0.25, 0.3) is 0 Å². The first kappa shape index (κ1) is 14.6. The predicted octanol–water partition coefficient (Wildman–Crippen LogP) is 2.03. The molecule has 116 valence electrons.